The van der Waals surface area contributed by atoms with Crippen LogP contribution in [0, 0.1) is 0 Å². The SMILES string of the molecule is CC(=O)N1CCN(C(=O)CSc2nc(Cl)cc(N(C)C3CCCCC3)n2)CC1. The van der Waals surface area contributed by atoms with Crippen molar-refractivity contribution in [1.82, 2.24) is 19.8 Å². The first kappa shape index (κ1) is 21.2. The molecule has 1 aliphatic heterocycles. The van der Waals surface area contributed by atoms with E-state index in [4.69, 9.17) is 11.6 Å². The second kappa shape index (κ2) is 9.78. The van der Waals surface area contributed by atoms with Crippen molar-refractivity contribution in [1.29, 1.82) is 0 Å². The lowest BCUT2D eigenvalue weighted by atomic mass is 9.94. The van der Waals surface area contributed by atoms with E-state index in [1.165, 1.54) is 43.9 Å². The third-order valence-corrected chi connectivity index (χ3v) is 6.57. The number of amides is 2. The molecule has 0 unspecified atom stereocenters. The second-order valence-corrected chi connectivity index (χ2v) is 8.74. The molecule has 0 bridgehead atoms. The summed E-state index contributed by atoms with van der Waals surface area (Å²) in [7, 11) is 2.06. The summed E-state index contributed by atoms with van der Waals surface area (Å²) in [6, 6.07) is 2.28. The normalized spacial score (nSPS) is 18.2. The number of hydrogen-bond donors (Lipinski definition) is 0. The molecular weight excluding hydrogens is 398 g/mol. The van der Waals surface area contributed by atoms with E-state index in [2.05, 4.69) is 21.9 Å². The Morgan fingerprint density at radius 1 is 1.14 bits per heavy atom. The van der Waals surface area contributed by atoms with Crippen LogP contribution in [0.25, 0.3) is 0 Å². The molecule has 0 radical (unpaired) electrons. The molecule has 0 N–H and O–H groups in total. The second-order valence-electron chi connectivity index (χ2n) is 7.41. The van der Waals surface area contributed by atoms with Gasteiger partial charge in [0.05, 0.1) is 5.75 Å². The lowest BCUT2D eigenvalue weighted by molar-refractivity contribution is -0.136. The van der Waals surface area contributed by atoms with Gasteiger partial charge in [0.15, 0.2) is 5.16 Å². The van der Waals surface area contributed by atoms with Crippen LogP contribution in [0.1, 0.15) is 39.0 Å². The van der Waals surface area contributed by atoms with Crippen molar-refractivity contribution in [2.45, 2.75) is 50.2 Å². The molecule has 3 rings (SSSR count). The van der Waals surface area contributed by atoms with Crippen LogP contribution < -0.4 is 4.90 Å². The Bertz CT molecular complexity index is 706. The fourth-order valence-corrected chi connectivity index (χ4v) is 4.76. The fraction of sp³-hybridized carbons (Fsp3) is 0.684. The van der Waals surface area contributed by atoms with Gasteiger partial charge in [-0.1, -0.05) is 42.6 Å². The van der Waals surface area contributed by atoms with Gasteiger partial charge in [0.1, 0.15) is 11.0 Å². The van der Waals surface area contributed by atoms with Crippen molar-refractivity contribution < 1.29 is 9.59 Å². The summed E-state index contributed by atoms with van der Waals surface area (Å²) in [6.07, 6.45) is 6.15. The van der Waals surface area contributed by atoms with Gasteiger partial charge in [-0.15, -0.1) is 0 Å². The molecule has 154 valence electrons. The number of thioether (sulfide) groups is 1. The van der Waals surface area contributed by atoms with Crippen molar-refractivity contribution in [2.75, 3.05) is 43.9 Å². The van der Waals surface area contributed by atoms with Gasteiger partial charge in [-0.25, -0.2) is 9.97 Å². The zero-order valence-corrected chi connectivity index (χ0v) is 18.1. The molecule has 28 heavy (non-hydrogen) atoms. The molecule has 2 amide bonds. The van der Waals surface area contributed by atoms with Gasteiger partial charge in [-0.2, -0.15) is 0 Å². The molecule has 2 aliphatic rings. The zero-order chi connectivity index (χ0) is 20.1. The van der Waals surface area contributed by atoms with Crippen molar-refractivity contribution in [3.63, 3.8) is 0 Å². The zero-order valence-electron chi connectivity index (χ0n) is 16.6. The molecule has 1 aromatic rings. The topological polar surface area (TPSA) is 69.6 Å². The standard InChI is InChI=1S/C19H28ClN5O2S/c1-14(26)24-8-10-25(11-9-24)18(27)13-28-19-21-16(20)12-17(22-19)23(2)15-6-4-3-5-7-15/h12,15H,3-11,13H2,1-2H3. The summed E-state index contributed by atoms with van der Waals surface area (Å²) in [5.41, 5.74) is 0. The minimum absolute atomic E-state index is 0.0407. The molecular formula is C19H28ClN5O2S. The molecule has 2 fully saturated rings. The summed E-state index contributed by atoms with van der Waals surface area (Å²) in [6.45, 7) is 3.90. The molecule has 0 atom stereocenters. The summed E-state index contributed by atoms with van der Waals surface area (Å²) >= 11 is 7.54. The first-order valence-electron chi connectivity index (χ1n) is 9.87. The van der Waals surface area contributed by atoms with Crippen LogP contribution in [0.15, 0.2) is 11.2 Å². The number of hydrogen-bond acceptors (Lipinski definition) is 6. The lowest BCUT2D eigenvalue weighted by Crippen LogP contribution is -2.50. The number of piperazine rings is 1. The monoisotopic (exact) mass is 425 g/mol. The molecule has 7 nitrogen and oxygen atoms in total. The average Bonchev–Trinajstić information content (AvgIpc) is 2.71. The van der Waals surface area contributed by atoms with E-state index in [0.717, 1.165) is 5.82 Å². The Kier molecular flexibility index (Phi) is 7.40. The predicted molar refractivity (Wildman–Crippen MR) is 112 cm³/mol. The van der Waals surface area contributed by atoms with Gasteiger partial charge in [0, 0.05) is 52.3 Å². The van der Waals surface area contributed by atoms with Crippen LogP contribution >= 0.6 is 23.4 Å². The van der Waals surface area contributed by atoms with Gasteiger partial charge in [-0.3, -0.25) is 9.59 Å². The Labute approximate surface area is 175 Å². The maximum atomic E-state index is 12.5. The van der Waals surface area contributed by atoms with E-state index >= 15 is 0 Å². The molecule has 9 heteroatoms. The number of nitrogens with zero attached hydrogens (tertiary/aromatic N) is 5. The van der Waals surface area contributed by atoms with Crippen LogP contribution in [0.2, 0.25) is 5.15 Å². The van der Waals surface area contributed by atoms with Gasteiger partial charge in [0.25, 0.3) is 0 Å². The number of rotatable bonds is 5. The predicted octanol–water partition coefficient (Wildman–Crippen LogP) is 2.68. The molecule has 1 aromatic heterocycles. The highest BCUT2D eigenvalue weighted by molar-refractivity contribution is 7.99. The molecule has 2 heterocycles. The first-order chi connectivity index (χ1) is 13.4. The van der Waals surface area contributed by atoms with Crippen LogP contribution in [0.5, 0.6) is 0 Å². The van der Waals surface area contributed by atoms with E-state index in [-0.39, 0.29) is 17.6 Å². The van der Waals surface area contributed by atoms with E-state index in [1.54, 1.807) is 22.8 Å². The van der Waals surface area contributed by atoms with Crippen molar-refractivity contribution in [3.05, 3.63) is 11.2 Å². The average molecular weight is 426 g/mol. The smallest absolute Gasteiger partial charge is 0.233 e. The minimum Gasteiger partial charge on any atom is -0.357 e. The third-order valence-electron chi connectivity index (χ3n) is 5.55. The lowest BCUT2D eigenvalue weighted by Gasteiger charge is -2.34. The largest absolute Gasteiger partial charge is 0.357 e. The highest BCUT2D eigenvalue weighted by Crippen LogP contribution is 2.28. The quantitative estimate of drug-likeness (QED) is 0.410. The van der Waals surface area contributed by atoms with Gasteiger partial charge >= 0.3 is 0 Å². The highest BCUT2D eigenvalue weighted by Gasteiger charge is 2.23. The molecule has 0 spiro atoms. The van der Waals surface area contributed by atoms with E-state index in [9.17, 15) is 9.59 Å². The highest BCUT2D eigenvalue weighted by atomic mass is 35.5. The van der Waals surface area contributed by atoms with Gasteiger partial charge < -0.3 is 14.7 Å². The van der Waals surface area contributed by atoms with Gasteiger partial charge in [0.2, 0.25) is 11.8 Å². The van der Waals surface area contributed by atoms with E-state index < -0.39 is 0 Å². The molecule has 1 saturated carbocycles. The molecule has 1 saturated heterocycles. The number of carbonyl (C=O) groups excluding carboxylic acids is 2. The Hall–Kier alpha value is -1.54. The van der Waals surface area contributed by atoms with E-state index in [0.29, 0.717) is 42.5 Å². The Morgan fingerprint density at radius 2 is 1.79 bits per heavy atom. The summed E-state index contributed by atoms with van der Waals surface area (Å²) in [4.78, 5) is 38.6. The Balaban J connectivity index is 1.56. The van der Waals surface area contributed by atoms with Crippen LogP contribution in [0.3, 0.4) is 0 Å². The fourth-order valence-electron chi connectivity index (χ4n) is 3.77. The molecule has 1 aliphatic carbocycles. The summed E-state index contributed by atoms with van der Waals surface area (Å²) in [5.74, 6) is 1.19. The maximum absolute atomic E-state index is 12.5. The van der Waals surface area contributed by atoms with Crippen LogP contribution in [-0.2, 0) is 9.59 Å². The number of aromatic nitrogens is 2. The van der Waals surface area contributed by atoms with Crippen LogP contribution in [0.4, 0.5) is 5.82 Å². The third kappa shape index (κ3) is 5.50. The maximum Gasteiger partial charge on any atom is 0.233 e. The number of anilines is 1. The summed E-state index contributed by atoms with van der Waals surface area (Å²) in [5, 5.41) is 0.929. The summed E-state index contributed by atoms with van der Waals surface area (Å²) < 4.78 is 0. The minimum atomic E-state index is 0.0407. The van der Waals surface area contributed by atoms with Gasteiger partial charge in [-0.05, 0) is 12.8 Å². The van der Waals surface area contributed by atoms with Crippen molar-refractivity contribution in [2.24, 2.45) is 0 Å². The van der Waals surface area contributed by atoms with E-state index in [1.807, 2.05) is 0 Å². The van der Waals surface area contributed by atoms with Crippen molar-refractivity contribution >= 4 is 41.0 Å². The number of carbonyl (C=O) groups is 2. The van der Waals surface area contributed by atoms with Crippen LogP contribution in [-0.4, -0.2) is 76.6 Å². The van der Waals surface area contributed by atoms with Crippen molar-refractivity contribution in [3.8, 4) is 0 Å². The Morgan fingerprint density at radius 3 is 2.43 bits per heavy atom. The number of halogens is 1. The first-order valence-corrected chi connectivity index (χ1v) is 11.2. The molecule has 0 aromatic carbocycles.